The van der Waals surface area contributed by atoms with Gasteiger partial charge in [0.15, 0.2) is 0 Å². The van der Waals surface area contributed by atoms with E-state index < -0.39 is 5.97 Å². The SMILES string of the molecule is COC(=O)c1cccc(-c2ccc(/C=N\N3C(=O)[C@H]4[C@H](C3=O)[C@H]3C=C[C@H]4C34CC4)o2)c1. The number of imide groups is 1. The summed E-state index contributed by atoms with van der Waals surface area (Å²) in [4.78, 5) is 37.7. The molecule has 4 aliphatic rings. The number of nitrogens with zero attached hydrogens (tertiary/aromatic N) is 2. The van der Waals surface area contributed by atoms with E-state index in [-0.39, 0.29) is 40.9 Å². The minimum Gasteiger partial charge on any atom is -0.465 e. The third kappa shape index (κ3) is 2.46. The summed E-state index contributed by atoms with van der Waals surface area (Å²) in [6.45, 7) is 0. The highest BCUT2D eigenvalue weighted by Crippen LogP contribution is 2.73. The third-order valence-electron chi connectivity index (χ3n) is 7.32. The summed E-state index contributed by atoms with van der Waals surface area (Å²) in [5, 5.41) is 5.21. The summed E-state index contributed by atoms with van der Waals surface area (Å²) in [5.74, 6) is -0.0577. The molecule has 156 valence electrons. The predicted molar refractivity (Wildman–Crippen MR) is 110 cm³/mol. The molecule has 1 saturated heterocycles. The van der Waals surface area contributed by atoms with Gasteiger partial charge in [-0.05, 0) is 54.4 Å². The van der Waals surface area contributed by atoms with E-state index in [0.717, 1.165) is 17.9 Å². The molecule has 1 aliphatic heterocycles. The van der Waals surface area contributed by atoms with Gasteiger partial charge in [-0.1, -0.05) is 24.3 Å². The van der Waals surface area contributed by atoms with E-state index in [9.17, 15) is 14.4 Å². The lowest BCUT2D eigenvalue weighted by Gasteiger charge is -2.18. The van der Waals surface area contributed by atoms with Crippen LogP contribution >= 0.6 is 0 Å². The number of amides is 2. The van der Waals surface area contributed by atoms with Crippen LogP contribution in [0.3, 0.4) is 0 Å². The molecule has 3 aliphatic carbocycles. The Morgan fingerprint density at radius 1 is 1.13 bits per heavy atom. The third-order valence-corrected chi connectivity index (χ3v) is 7.32. The number of hydrogen-bond donors (Lipinski definition) is 0. The summed E-state index contributed by atoms with van der Waals surface area (Å²) in [5.41, 5.74) is 1.30. The molecular weight excluding hydrogens is 396 g/mol. The van der Waals surface area contributed by atoms with Crippen molar-refractivity contribution < 1.29 is 23.5 Å². The first-order valence-electron chi connectivity index (χ1n) is 10.4. The molecule has 2 aromatic rings. The predicted octanol–water partition coefficient (Wildman–Crippen LogP) is 3.26. The van der Waals surface area contributed by atoms with E-state index in [2.05, 4.69) is 17.3 Å². The first-order chi connectivity index (χ1) is 15.0. The van der Waals surface area contributed by atoms with Crippen LogP contribution in [0.1, 0.15) is 29.0 Å². The van der Waals surface area contributed by atoms with Gasteiger partial charge in [-0.15, -0.1) is 0 Å². The summed E-state index contributed by atoms with van der Waals surface area (Å²) in [7, 11) is 1.33. The second kappa shape index (κ2) is 6.26. The molecule has 0 radical (unpaired) electrons. The van der Waals surface area contributed by atoms with Crippen LogP contribution in [0.4, 0.5) is 0 Å². The molecular formula is C24H20N2O5. The molecule has 7 heteroatoms. The fraction of sp³-hybridized carbons (Fsp3) is 0.333. The number of rotatable bonds is 4. The normalized spacial score (nSPS) is 29.4. The number of benzene rings is 1. The molecule has 1 spiro atoms. The Morgan fingerprint density at radius 3 is 2.48 bits per heavy atom. The number of fused-ring (bicyclic) bond motifs is 3. The molecule has 3 fully saturated rings. The summed E-state index contributed by atoms with van der Waals surface area (Å²) in [6, 6.07) is 10.4. The Morgan fingerprint density at radius 2 is 1.84 bits per heavy atom. The smallest absolute Gasteiger partial charge is 0.337 e. The van der Waals surface area contributed by atoms with Gasteiger partial charge in [0.05, 0.1) is 30.7 Å². The maximum Gasteiger partial charge on any atom is 0.337 e. The monoisotopic (exact) mass is 416 g/mol. The average molecular weight is 416 g/mol. The van der Waals surface area contributed by atoms with Crippen molar-refractivity contribution in [2.75, 3.05) is 7.11 Å². The van der Waals surface area contributed by atoms with Crippen LogP contribution in [0.15, 0.2) is 58.1 Å². The van der Waals surface area contributed by atoms with E-state index >= 15 is 0 Å². The number of hydrazone groups is 1. The van der Waals surface area contributed by atoms with Crippen LogP contribution < -0.4 is 0 Å². The van der Waals surface area contributed by atoms with E-state index in [0.29, 0.717) is 22.6 Å². The zero-order valence-corrected chi connectivity index (χ0v) is 16.9. The second-order valence-corrected chi connectivity index (χ2v) is 8.73. The number of hydrogen-bond acceptors (Lipinski definition) is 6. The number of methoxy groups -OCH3 is 1. The molecule has 2 amide bonds. The lowest BCUT2D eigenvalue weighted by molar-refractivity contribution is -0.141. The number of esters is 1. The number of carbonyl (C=O) groups excluding carboxylic acids is 3. The standard InChI is InChI=1S/C24H20N2O5/c1-30-23(29)14-4-2-3-13(11-14)18-8-5-15(31-18)12-25-26-21(27)19-16-6-7-17(20(19)22(26)28)24(16)9-10-24/h2-8,11-12,16-17,19-20H,9-10H2,1H3/b25-12-/t16-,17-,19-,20-/m1/s1. The Balaban J connectivity index is 1.22. The van der Waals surface area contributed by atoms with Crippen LogP contribution in [0.25, 0.3) is 11.3 Å². The van der Waals surface area contributed by atoms with Gasteiger partial charge in [0.2, 0.25) is 0 Å². The van der Waals surface area contributed by atoms with Crippen molar-refractivity contribution in [3.05, 3.63) is 59.9 Å². The molecule has 2 heterocycles. The van der Waals surface area contributed by atoms with Crippen molar-refractivity contribution in [3.63, 3.8) is 0 Å². The van der Waals surface area contributed by atoms with Gasteiger partial charge < -0.3 is 9.15 Å². The minimum absolute atomic E-state index is 0.172. The van der Waals surface area contributed by atoms with Crippen molar-refractivity contribution in [2.45, 2.75) is 12.8 Å². The summed E-state index contributed by atoms with van der Waals surface area (Å²) in [6.07, 6.45) is 7.89. The number of ether oxygens (including phenoxy) is 1. The van der Waals surface area contributed by atoms with E-state index in [4.69, 9.17) is 9.15 Å². The Labute approximate surface area is 178 Å². The summed E-state index contributed by atoms with van der Waals surface area (Å²) < 4.78 is 10.5. The highest BCUT2D eigenvalue weighted by atomic mass is 16.5. The largest absolute Gasteiger partial charge is 0.465 e. The first-order valence-corrected chi connectivity index (χ1v) is 10.4. The fourth-order valence-electron chi connectivity index (χ4n) is 5.79. The second-order valence-electron chi connectivity index (χ2n) is 8.73. The molecule has 2 saturated carbocycles. The van der Waals surface area contributed by atoms with Crippen molar-refractivity contribution >= 4 is 24.0 Å². The molecule has 7 nitrogen and oxygen atoms in total. The lowest BCUT2D eigenvalue weighted by Crippen LogP contribution is -2.30. The van der Waals surface area contributed by atoms with E-state index in [1.165, 1.54) is 13.3 Å². The molecule has 6 rings (SSSR count). The van der Waals surface area contributed by atoms with Crippen LogP contribution in [0, 0.1) is 29.1 Å². The Bertz CT molecular complexity index is 1150. The molecule has 1 aromatic heterocycles. The van der Waals surface area contributed by atoms with E-state index in [1.54, 1.807) is 30.3 Å². The van der Waals surface area contributed by atoms with Crippen molar-refractivity contribution in [1.29, 1.82) is 0 Å². The maximum absolute atomic E-state index is 13.0. The molecule has 4 atom stereocenters. The highest BCUT2D eigenvalue weighted by molar-refractivity contribution is 6.07. The van der Waals surface area contributed by atoms with Crippen LogP contribution in [-0.2, 0) is 14.3 Å². The molecule has 2 bridgehead atoms. The molecule has 1 aromatic carbocycles. The highest BCUT2D eigenvalue weighted by Gasteiger charge is 2.73. The minimum atomic E-state index is -0.428. The Hall–Kier alpha value is -3.48. The van der Waals surface area contributed by atoms with Crippen molar-refractivity contribution in [1.82, 2.24) is 5.01 Å². The van der Waals surface area contributed by atoms with Gasteiger partial charge in [0, 0.05) is 5.56 Å². The van der Waals surface area contributed by atoms with Gasteiger partial charge in [-0.2, -0.15) is 10.1 Å². The first kappa shape index (κ1) is 18.3. The summed E-state index contributed by atoms with van der Waals surface area (Å²) >= 11 is 0. The van der Waals surface area contributed by atoms with Gasteiger partial charge in [0.25, 0.3) is 11.8 Å². The van der Waals surface area contributed by atoms with Gasteiger partial charge in [-0.3, -0.25) is 9.59 Å². The van der Waals surface area contributed by atoms with Crippen molar-refractivity contribution in [3.8, 4) is 11.3 Å². The van der Waals surface area contributed by atoms with Crippen LogP contribution in [-0.4, -0.2) is 36.1 Å². The topological polar surface area (TPSA) is 89.2 Å². The maximum atomic E-state index is 13.0. The quantitative estimate of drug-likeness (QED) is 0.330. The average Bonchev–Trinajstić information content (AvgIpc) is 3.07. The van der Waals surface area contributed by atoms with Crippen LogP contribution in [0.5, 0.6) is 0 Å². The number of allylic oxidation sites excluding steroid dienone is 2. The fourth-order valence-corrected chi connectivity index (χ4v) is 5.79. The van der Waals surface area contributed by atoms with Gasteiger partial charge in [-0.25, -0.2) is 4.79 Å². The lowest BCUT2D eigenvalue weighted by atomic mass is 9.85. The van der Waals surface area contributed by atoms with E-state index in [1.807, 2.05) is 6.07 Å². The molecule has 0 unspecified atom stereocenters. The zero-order valence-electron chi connectivity index (χ0n) is 16.9. The van der Waals surface area contributed by atoms with Crippen molar-refractivity contribution in [2.24, 2.45) is 34.2 Å². The zero-order chi connectivity index (χ0) is 21.3. The van der Waals surface area contributed by atoms with Gasteiger partial charge in [0.1, 0.15) is 11.5 Å². The van der Waals surface area contributed by atoms with Gasteiger partial charge >= 0.3 is 5.97 Å². The molecule has 31 heavy (non-hydrogen) atoms. The number of furan rings is 1. The van der Waals surface area contributed by atoms with Crippen LogP contribution in [0.2, 0.25) is 0 Å². The Kier molecular flexibility index (Phi) is 3.70. The molecule has 0 N–H and O–H groups in total. The number of carbonyl (C=O) groups is 3.